The minimum atomic E-state index is -3.81. The third-order valence-corrected chi connectivity index (χ3v) is 5.31. The fourth-order valence-corrected chi connectivity index (χ4v) is 4.30. The Hall–Kier alpha value is -0.950. The number of nitrogens with two attached hydrogens (primary N) is 1. The molecule has 1 aromatic heterocycles. The SMILES string of the molecule is CC(C)Cn1c(C2C3CCCCC32)nnc1S(N)(=O)=O. The minimum Gasteiger partial charge on any atom is -0.300 e. The zero-order valence-corrected chi connectivity index (χ0v) is 12.8. The normalized spacial score (nSPS) is 29.5. The van der Waals surface area contributed by atoms with Gasteiger partial charge < -0.3 is 4.57 Å². The van der Waals surface area contributed by atoms with E-state index in [9.17, 15) is 8.42 Å². The highest BCUT2D eigenvalue weighted by molar-refractivity contribution is 7.89. The molecule has 0 spiro atoms. The lowest BCUT2D eigenvalue weighted by molar-refractivity contribution is 0.467. The van der Waals surface area contributed by atoms with Crippen molar-refractivity contribution in [2.75, 3.05) is 0 Å². The van der Waals surface area contributed by atoms with Crippen LogP contribution in [0, 0.1) is 17.8 Å². The van der Waals surface area contributed by atoms with Gasteiger partial charge in [-0.25, -0.2) is 13.6 Å². The van der Waals surface area contributed by atoms with E-state index in [1.165, 1.54) is 25.7 Å². The van der Waals surface area contributed by atoms with Crippen molar-refractivity contribution in [1.29, 1.82) is 0 Å². The molecule has 0 radical (unpaired) electrons. The van der Waals surface area contributed by atoms with Crippen molar-refractivity contribution in [3.63, 3.8) is 0 Å². The standard InChI is InChI=1S/C13H22N4O2S/c1-8(2)7-17-12(15-16-13(17)20(14,18)19)11-9-5-3-4-6-10(9)11/h8-11H,3-7H2,1-2H3,(H2,14,18,19). The maximum Gasteiger partial charge on any atom is 0.273 e. The van der Waals surface area contributed by atoms with Crippen molar-refractivity contribution in [3.8, 4) is 0 Å². The maximum atomic E-state index is 11.7. The molecule has 0 amide bonds. The lowest BCUT2D eigenvalue weighted by Crippen LogP contribution is -2.21. The second-order valence-corrected chi connectivity index (χ2v) is 7.98. The van der Waals surface area contributed by atoms with Gasteiger partial charge in [-0.3, -0.25) is 0 Å². The van der Waals surface area contributed by atoms with Crippen LogP contribution in [0.2, 0.25) is 0 Å². The topological polar surface area (TPSA) is 90.9 Å². The first-order valence-corrected chi connectivity index (χ1v) is 8.90. The van der Waals surface area contributed by atoms with Gasteiger partial charge in [0, 0.05) is 12.5 Å². The monoisotopic (exact) mass is 298 g/mol. The van der Waals surface area contributed by atoms with Crippen molar-refractivity contribution >= 4 is 10.0 Å². The molecule has 2 N–H and O–H groups in total. The fourth-order valence-electron chi connectivity index (χ4n) is 3.67. The van der Waals surface area contributed by atoms with Crippen molar-refractivity contribution in [3.05, 3.63) is 5.82 Å². The summed E-state index contributed by atoms with van der Waals surface area (Å²) in [5.41, 5.74) is 0. The average molecular weight is 298 g/mol. The molecule has 2 saturated carbocycles. The number of rotatable bonds is 4. The highest BCUT2D eigenvalue weighted by atomic mass is 32.2. The zero-order chi connectivity index (χ0) is 14.5. The Labute approximate surface area is 119 Å². The van der Waals surface area contributed by atoms with Crippen LogP contribution in [0.4, 0.5) is 0 Å². The lowest BCUT2D eigenvalue weighted by Gasteiger charge is -2.11. The summed E-state index contributed by atoms with van der Waals surface area (Å²) in [6.45, 7) is 4.71. The van der Waals surface area contributed by atoms with Gasteiger partial charge in [0.1, 0.15) is 5.82 Å². The van der Waals surface area contributed by atoms with Crippen LogP contribution in [-0.4, -0.2) is 23.2 Å². The van der Waals surface area contributed by atoms with Crippen molar-refractivity contribution < 1.29 is 8.42 Å². The Kier molecular flexibility index (Phi) is 3.36. The molecule has 2 atom stereocenters. The van der Waals surface area contributed by atoms with Gasteiger partial charge in [0.25, 0.3) is 15.2 Å². The zero-order valence-electron chi connectivity index (χ0n) is 12.0. The molecular formula is C13H22N4O2S. The number of hydrogen-bond acceptors (Lipinski definition) is 4. The highest BCUT2D eigenvalue weighted by Gasteiger charge is 2.54. The predicted octanol–water partition coefficient (Wildman–Crippen LogP) is 1.49. The molecule has 2 fully saturated rings. The quantitative estimate of drug-likeness (QED) is 0.911. The van der Waals surface area contributed by atoms with E-state index in [0.29, 0.717) is 30.2 Å². The van der Waals surface area contributed by atoms with Gasteiger partial charge in [-0.15, -0.1) is 10.2 Å². The molecule has 2 unspecified atom stereocenters. The second kappa shape index (κ2) is 4.80. The molecule has 6 nitrogen and oxygen atoms in total. The van der Waals surface area contributed by atoms with Crippen LogP contribution in [0.5, 0.6) is 0 Å². The third kappa shape index (κ3) is 2.37. The van der Waals surface area contributed by atoms with E-state index in [1.54, 1.807) is 4.57 Å². The predicted molar refractivity (Wildman–Crippen MR) is 74.4 cm³/mol. The second-order valence-electron chi connectivity index (χ2n) is 6.53. The Morgan fingerprint density at radius 2 is 1.85 bits per heavy atom. The van der Waals surface area contributed by atoms with Gasteiger partial charge in [0.15, 0.2) is 0 Å². The Morgan fingerprint density at radius 1 is 1.25 bits per heavy atom. The lowest BCUT2D eigenvalue weighted by atomic mass is 10.0. The summed E-state index contributed by atoms with van der Waals surface area (Å²) in [5.74, 6) is 2.89. The summed E-state index contributed by atoms with van der Waals surface area (Å²) in [5, 5.41) is 13.2. The molecule has 20 heavy (non-hydrogen) atoms. The molecule has 0 aromatic carbocycles. The van der Waals surface area contributed by atoms with E-state index in [2.05, 4.69) is 24.0 Å². The molecule has 112 valence electrons. The Morgan fingerprint density at radius 3 is 2.35 bits per heavy atom. The Balaban J connectivity index is 1.97. The van der Waals surface area contributed by atoms with E-state index in [-0.39, 0.29) is 5.16 Å². The van der Waals surface area contributed by atoms with Crippen LogP contribution in [0.3, 0.4) is 0 Å². The molecular weight excluding hydrogens is 276 g/mol. The number of nitrogens with zero attached hydrogens (tertiary/aromatic N) is 3. The Bertz CT molecular complexity index is 596. The van der Waals surface area contributed by atoms with Gasteiger partial charge in [0.05, 0.1) is 0 Å². The van der Waals surface area contributed by atoms with Gasteiger partial charge in [0.2, 0.25) is 0 Å². The van der Waals surface area contributed by atoms with E-state index < -0.39 is 10.0 Å². The molecule has 2 aliphatic carbocycles. The third-order valence-electron chi connectivity index (χ3n) is 4.50. The summed E-state index contributed by atoms with van der Waals surface area (Å²) in [6, 6.07) is 0. The molecule has 1 heterocycles. The summed E-state index contributed by atoms with van der Waals surface area (Å²) in [4.78, 5) is 0. The van der Waals surface area contributed by atoms with Crippen LogP contribution in [0.1, 0.15) is 51.3 Å². The highest BCUT2D eigenvalue weighted by Crippen LogP contribution is 2.60. The summed E-state index contributed by atoms with van der Waals surface area (Å²) >= 11 is 0. The molecule has 1 aromatic rings. The molecule has 3 rings (SSSR count). The first-order valence-electron chi connectivity index (χ1n) is 7.35. The molecule has 0 saturated heterocycles. The fraction of sp³-hybridized carbons (Fsp3) is 0.846. The summed E-state index contributed by atoms with van der Waals surface area (Å²) in [7, 11) is -3.81. The van der Waals surface area contributed by atoms with Crippen molar-refractivity contribution in [1.82, 2.24) is 14.8 Å². The maximum absolute atomic E-state index is 11.7. The van der Waals surface area contributed by atoms with Crippen LogP contribution in [0.25, 0.3) is 0 Å². The number of aromatic nitrogens is 3. The number of hydrogen-bond donors (Lipinski definition) is 1. The molecule has 7 heteroatoms. The largest absolute Gasteiger partial charge is 0.300 e. The van der Waals surface area contributed by atoms with Gasteiger partial charge >= 0.3 is 0 Å². The first-order chi connectivity index (χ1) is 9.39. The van der Waals surface area contributed by atoms with Crippen molar-refractivity contribution in [2.45, 2.75) is 57.1 Å². The average Bonchev–Trinajstić information content (AvgIpc) is 2.92. The van der Waals surface area contributed by atoms with Gasteiger partial charge in [-0.1, -0.05) is 26.7 Å². The number of sulfonamides is 1. The molecule has 0 aliphatic heterocycles. The van der Waals surface area contributed by atoms with E-state index >= 15 is 0 Å². The van der Waals surface area contributed by atoms with Crippen LogP contribution < -0.4 is 5.14 Å². The molecule has 0 bridgehead atoms. The smallest absolute Gasteiger partial charge is 0.273 e. The van der Waals surface area contributed by atoms with E-state index in [1.807, 2.05) is 0 Å². The van der Waals surface area contributed by atoms with Crippen LogP contribution >= 0.6 is 0 Å². The first kappa shape index (κ1) is 14.0. The van der Waals surface area contributed by atoms with E-state index in [0.717, 1.165) is 5.82 Å². The minimum absolute atomic E-state index is 0.0788. The van der Waals surface area contributed by atoms with Crippen LogP contribution in [0.15, 0.2) is 5.16 Å². The van der Waals surface area contributed by atoms with Gasteiger partial charge in [-0.05, 0) is 30.6 Å². The van der Waals surface area contributed by atoms with Crippen LogP contribution in [-0.2, 0) is 16.6 Å². The van der Waals surface area contributed by atoms with Gasteiger partial charge in [-0.2, -0.15) is 0 Å². The van der Waals surface area contributed by atoms with E-state index in [4.69, 9.17) is 5.14 Å². The number of primary sulfonamides is 1. The number of fused-ring (bicyclic) bond motifs is 1. The molecule has 2 aliphatic rings. The van der Waals surface area contributed by atoms with Crippen molar-refractivity contribution in [2.24, 2.45) is 22.9 Å². The summed E-state index contributed by atoms with van der Waals surface area (Å²) < 4.78 is 25.1. The summed E-state index contributed by atoms with van der Waals surface area (Å²) in [6.07, 6.45) is 5.01.